The molecule has 0 bridgehead atoms. The van der Waals surface area contributed by atoms with E-state index in [2.05, 4.69) is 43.3 Å². The highest BCUT2D eigenvalue weighted by atomic mass is 79.9. The maximum absolute atomic E-state index is 13.1. The Morgan fingerprint density at radius 2 is 1.74 bits per heavy atom. The maximum Gasteiger partial charge on any atom is 0.416 e. The minimum absolute atomic E-state index is 0.165. The van der Waals surface area contributed by atoms with Gasteiger partial charge in [0.2, 0.25) is 0 Å². The standard InChI is InChI=1S/C29H28BrF3N4O/c1-2-25-26(37-15-3-4-24(30)27(37)35-25)28(38)34-18-19-5-11-23(12-6-19)36-16-13-21(14-17-36)20-7-9-22(10-8-20)29(31,32)33/h3-12,15,21H,2,13-14,16-18H2,1H3,(H,34,38). The van der Waals surface area contributed by atoms with Crippen molar-refractivity contribution < 1.29 is 18.0 Å². The summed E-state index contributed by atoms with van der Waals surface area (Å²) in [5.41, 5.74) is 4.49. The predicted molar refractivity (Wildman–Crippen MR) is 146 cm³/mol. The number of halogens is 4. The van der Waals surface area contributed by atoms with Gasteiger partial charge >= 0.3 is 6.18 Å². The Morgan fingerprint density at radius 3 is 2.37 bits per heavy atom. The molecule has 198 valence electrons. The van der Waals surface area contributed by atoms with Crippen LogP contribution in [-0.4, -0.2) is 28.4 Å². The van der Waals surface area contributed by atoms with Gasteiger partial charge in [-0.2, -0.15) is 13.2 Å². The van der Waals surface area contributed by atoms with Crippen LogP contribution in [-0.2, 0) is 19.1 Å². The van der Waals surface area contributed by atoms with E-state index >= 15 is 0 Å². The summed E-state index contributed by atoms with van der Waals surface area (Å²) < 4.78 is 41.2. The molecule has 2 aromatic carbocycles. The molecule has 5 rings (SSSR count). The summed E-state index contributed by atoms with van der Waals surface area (Å²) in [4.78, 5) is 20.0. The van der Waals surface area contributed by atoms with Crippen LogP contribution >= 0.6 is 15.9 Å². The Labute approximate surface area is 227 Å². The van der Waals surface area contributed by atoms with Crippen molar-refractivity contribution in [3.05, 3.63) is 99.4 Å². The third-order valence-electron chi connectivity index (χ3n) is 7.18. The number of alkyl halides is 3. The molecule has 1 fully saturated rings. The van der Waals surface area contributed by atoms with E-state index in [4.69, 9.17) is 0 Å². The van der Waals surface area contributed by atoms with Crippen LogP contribution in [0.5, 0.6) is 0 Å². The number of rotatable bonds is 6. The number of imidazole rings is 1. The Morgan fingerprint density at radius 1 is 1.05 bits per heavy atom. The van der Waals surface area contributed by atoms with Crippen LogP contribution < -0.4 is 10.2 Å². The van der Waals surface area contributed by atoms with Gasteiger partial charge in [0.1, 0.15) is 5.69 Å². The Hall–Kier alpha value is -3.33. The molecule has 0 aliphatic carbocycles. The fraction of sp³-hybridized carbons (Fsp3) is 0.310. The lowest BCUT2D eigenvalue weighted by Gasteiger charge is -2.34. The lowest BCUT2D eigenvalue weighted by molar-refractivity contribution is -0.137. The van der Waals surface area contributed by atoms with Crippen LogP contribution in [0.15, 0.2) is 71.3 Å². The number of fused-ring (bicyclic) bond motifs is 1. The minimum Gasteiger partial charge on any atom is -0.371 e. The van der Waals surface area contributed by atoms with Gasteiger partial charge in [-0.05, 0) is 88.6 Å². The number of piperidine rings is 1. The van der Waals surface area contributed by atoms with Crippen LogP contribution in [0.4, 0.5) is 18.9 Å². The zero-order chi connectivity index (χ0) is 26.9. The van der Waals surface area contributed by atoms with Gasteiger partial charge in [0.15, 0.2) is 5.65 Å². The molecule has 1 saturated heterocycles. The van der Waals surface area contributed by atoms with Gasteiger partial charge in [0.25, 0.3) is 5.91 Å². The van der Waals surface area contributed by atoms with Gasteiger partial charge in [-0.3, -0.25) is 9.20 Å². The van der Waals surface area contributed by atoms with Gasteiger partial charge in [0, 0.05) is 31.5 Å². The number of hydrogen-bond donors (Lipinski definition) is 1. The van der Waals surface area contributed by atoms with Crippen molar-refractivity contribution in [1.29, 1.82) is 0 Å². The van der Waals surface area contributed by atoms with E-state index in [1.54, 1.807) is 12.1 Å². The first-order chi connectivity index (χ1) is 18.2. The van der Waals surface area contributed by atoms with E-state index in [9.17, 15) is 18.0 Å². The summed E-state index contributed by atoms with van der Waals surface area (Å²) in [5.74, 6) is 0.0955. The number of aromatic nitrogens is 2. The summed E-state index contributed by atoms with van der Waals surface area (Å²) in [6.07, 6.45) is -0.0325. The van der Waals surface area contributed by atoms with Crippen LogP contribution in [0.25, 0.3) is 5.65 Å². The van der Waals surface area contributed by atoms with Crippen molar-refractivity contribution in [2.24, 2.45) is 0 Å². The van der Waals surface area contributed by atoms with Crippen molar-refractivity contribution in [3.63, 3.8) is 0 Å². The van der Waals surface area contributed by atoms with E-state index in [-0.39, 0.29) is 11.8 Å². The monoisotopic (exact) mass is 584 g/mol. The third kappa shape index (κ3) is 5.43. The molecule has 0 unspecified atom stereocenters. The number of nitrogens with zero attached hydrogens (tertiary/aromatic N) is 3. The lowest BCUT2D eigenvalue weighted by Crippen LogP contribution is -2.32. The molecule has 5 nitrogen and oxygen atoms in total. The quantitative estimate of drug-likeness (QED) is 0.265. The SMILES string of the molecule is CCc1nc2c(Br)cccn2c1C(=O)NCc1ccc(N2CCC(c3ccc(C(F)(F)F)cc3)CC2)cc1. The Balaban J connectivity index is 1.18. The Kier molecular flexibility index (Phi) is 7.47. The highest BCUT2D eigenvalue weighted by Gasteiger charge is 2.30. The molecule has 9 heteroatoms. The molecular formula is C29H28BrF3N4O. The van der Waals surface area contributed by atoms with Crippen LogP contribution in [0.2, 0.25) is 0 Å². The van der Waals surface area contributed by atoms with E-state index in [0.717, 1.165) is 58.6 Å². The number of pyridine rings is 1. The molecule has 1 aliphatic heterocycles. The molecule has 2 aromatic heterocycles. The van der Waals surface area contributed by atoms with E-state index < -0.39 is 11.7 Å². The smallest absolute Gasteiger partial charge is 0.371 e. The van der Waals surface area contributed by atoms with Gasteiger partial charge in [0.05, 0.1) is 15.7 Å². The van der Waals surface area contributed by atoms with Crippen molar-refractivity contribution in [2.75, 3.05) is 18.0 Å². The fourth-order valence-electron chi connectivity index (χ4n) is 5.07. The predicted octanol–water partition coefficient (Wildman–Crippen LogP) is 6.99. The average molecular weight is 585 g/mol. The van der Waals surface area contributed by atoms with E-state index in [0.29, 0.717) is 18.7 Å². The molecular weight excluding hydrogens is 557 g/mol. The molecule has 3 heterocycles. The lowest BCUT2D eigenvalue weighted by atomic mass is 9.88. The van der Waals surface area contributed by atoms with Gasteiger partial charge < -0.3 is 10.2 Å². The van der Waals surface area contributed by atoms with Crippen LogP contribution in [0.3, 0.4) is 0 Å². The average Bonchev–Trinajstić information content (AvgIpc) is 3.32. The maximum atomic E-state index is 13.1. The zero-order valence-electron chi connectivity index (χ0n) is 20.9. The highest BCUT2D eigenvalue weighted by molar-refractivity contribution is 9.10. The molecule has 0 radical (unpaired) electrons. The fourth-order valence-corrected chi connectivity index (χ4v) is 5.51. The molecule has 1 amide bonds. The van der Waals surface area contributed by atoms with Crippen molar-refractivity contribution in [3.8, 4) is 0 Å². The second kappa shape index (κ2) is 10.8. The van der Waals surface area contributed by atoms with Gasteiger partial charge in [-0.1, -0.05) is 31.2 Å². The summed E-state index contributed by atoms with van der Waals surface area (Å²) in [5, 5.41) is 3.02. The molecule has 0 spiro atoms. The molecule has 1 aliphatic rings. The number of amides is 1. The first-order valence-corrected chi connectivity index (χ1v) is 13.5. The van der Waals surface area contributed by atoms with Gasteiger partial charge in [-0.15, -0.1) is 0 Å². The normalized spacial score (nSPS) is 14.7. The number of anilines is 1. The summed E-state index contributed by atoms with van der Waals surface area (Å²) in [6, 6.07) is 17.5. The summed E-state index contributed by atoms with van der Waals surface area (Å²) >= 11 is 3.51. The van der Waals surface area contributed by atoms with Crippen LogP contribution in [0.1, 0.15) is 58.6 Å². The number of nitrogens with one attached hydrogen (secondary N) is 1. The number of carbonyl (C=O) groups excluding carboxylic acids is 1. The number of aryl methyl sites for hydroxylation is 1. The second-order valence-electron chi connectivity index (χ2n) is 9.54. The second-order valence-corrected chi connectivity index (χ2v) is 10.4. The topological polar surface area (TPSA) is 49.6 Å². The first kappa shape index (κ1) is 26.3. The summed E-state index contributed by atoms with van der Waals surface area (Å²) in [6.45, 7) is 4.06. The van der Waals surface area contributed by atoms with Crippen molar-refractivity contribution in [1.82, 2.24) is 14.7 Å². The highest BCUT2D eigenvalue weighted by Crippen LogP contribution is 2.34. The molecule has 1 N–H and O–H groups in total. The zero-order valence-corrected chi connectivity index (χ0v) is 22.5. The molecule has 0 atom stereocenters. The first-order valence-electron chi connectivity index (χ1n) is 12.7. The van der Waals surface area contributed by atoms with Crippen molar-refractivity contribution in [2.45, 2.75) is 44.8 Å². The molecule has 38 heavy (non-hydrogen) atoms. The number of benzene rings is 2. The molecule has 0 saturated carbocycles. The van der Waals surface area contributed by atoms with Crippen molar-refractivity contribution >= 4 is 33.2 Å². The van der Waals surface area contributed by atoms with E-state index in [1.165, 1.54) is 12.1 Å². The van der Waals surface area contributed by atoms with E-state index in [1.807, 2.05) is 41.8 Å². The number of carbonyl (C=O) groups is 1. The minimum atomic E-state index is -4.30. The van der Waals surface area contributed by atoms with Gasteiger partial charge in [-0.25, -0.2) is 4.98 Å². The Bertz CT molecular complexity index is 1420. The van der Waals surface area contributed by atoms with Crippen LogP contribution in [0, 0.1) is 0 Å². The largest absolute Gasteiger partial charge is 0.416 e. The number of hydrogen-bond acceptors (Lipinski definition) is 3. The summed E-state index contributed by atoms with van der Waals surface area (Å²) in [7, 11) is 0. The third-order valence-corrected chi connectivity index (χ3v) is 7.80. The molecule has 4 aromatic rings.